The molecule has 1 aromatic carbocycles. The molecule has 0 amide bonds. The first-order chi connectivity index (χ1) is 8.25. The Morgan fingerprint density at radius 2 is 2.18 bits per heavy atom. The summed E-state index contributed by atoms with van der Waals surface area (Å²) in [6.07, 6.45) is 3.10. The SMILES string of the molecule is Cc1cc(-n2cncn2)c2cccc(O)c2n1. The van der Waals surface area contributed by atoms with Gasteiger partial charge in [0, 0.05) is 11.1 Å². The van der Waals surface area contributed by atoms with Crippen LogP contribution in [0.3, 0.4) is 0 Å². The van der Waals surface area contributed by atoms with Crippen LogP contribution in [0.25, 0.3) is 16.6 Å². The Morgan fingerprint density at radius 3 is 2.94 bits per heavy atom. The van der Waals surface area contributed by atoms with Gasteiger partial charge in [-0.3, -0.25) is 0 Å². The summed E-state index contributed by atoms with van der Waals surface area (Å²) < 4.78 is 1.66. The average Bonchev–Trinajstić information content (AvgIpc) is 2.83. The Hall–Kier alpha value is -2.43. The van der Waals surface area contributed by atoms with E-state index in [-0.39, 0.29) is 5.75 Å². The predicted molar refractivity (Wildman–Crippen MR) is 63.1 cm³/mol. The third-order valence-corrected chi connectivity index (χ3v) is 2.59. The molecule has 1 N–H and O–H groups in total. The summed E-state index contributed by atoms with van der Waals surface area (Å²) in [4.78, 5) is 8.26. The molecule has 17 heavy (non-hydrogen) atoms. The minimum absolute atomic E-state index is 0.174. The minimum Gasteiger partial charge on any atom is -0.506 e. The molecule has 0 aliphatic carbocycles. The van der Waals surface area contributed by atoms with Gasteiger partial charge in [-0.2, -0.15) is 5.10 Å². The molecule has 3 rings (SSSR count). The second-order valence-electron chi connectivity index (χ2n) is 3.80. The Bertz CT molecular complexity index is 676. The monoisotopic (exact) mass is 226 g/mol. The van der Waals surface area contributed by atoms with Crippen LogP contribution in [-0.2, 0) is 0 Å². The summed E-state index contributed by atoms with van der Waals surface area (Å²) in [5, 5.41) is 14.8. The van der Waals surface area contributed by atoms with E-state index < -0.39 is 0 Å². The molecule has 0 bridgehead atoms. The Balaban J connectivity index is 2.42. The fourth-order valence-electron chi connectivity index (χ4n) is 1.86. The smallest absolute Gasteiger partial charge is 0.141 e. The fourth-order valence-corrected chi connectivity index (χ4v) is 1.86. The maximum absolute atomic E-state index is 9.81. The zero-order valence-electron chi connectivity index (χ0n) is 9.20. The van der Waals surface area contributed by atoms with Gasteiger partial charge in [-0.05, 0) is 19.1 Å². The quantitative estimate of drug-likeness (QED) is 0.687. The van der Waals surface area contributed by atoms with Gasteiger partial charge in [0.05, 0.1) is 5.69 Å². The molecular weight excluding hydrogens is 216 g/mol. The van der Waals surface area contributed by atoms with Crippen molar-refractivity contribution in [2.75, 3.05) is 0 Å². The first-order valence-electron chi connectivity index (χ1n) is 5.20. The maximum Gasteiger partial charge on any atom is 0.141 e. The second-order valence-corrected chi connectivity index (χ2v) is 3.80. The standard InChI is InChI=1S/C12H10N4O/c1-8-5-10(16-7-13-6-14-16)9-3-2-4-11(17)12(9)15-8/h2-7,17H,1H3. The van der Waals surface area contributed by atoms with Crippen LogP contribution in [0.2, 0.25) is 0 Å². The molecule has 0 saturated heterocycles. The zero-order valence-corrected chi connectivity index (χ0v) is 9.20. The number of hydrogen-bond acceptors (Lipinski definition) is 4. The summed E-state index contributed by atoms with van der Waals surface area (Å²) in [7, 11) is 0. The number of benzene rings is 1. The predicted octanol–water partition coefficient (Wildman–Crippen LogP) is 1.83. The topological polar surface area (TPSA) is 63.8 Å². The number of fused-ring (bicyclic) bond motifs is 1. The van der Waals surface area contributed by atoms with Crippen molar-refractivity contribution in [2.45, 2.75) is 6.92 Å². The average molecular weight is 226 g/mol. The lowest BCUT2D eigenvalue weighted by atomic mass is 10.1. The number of phenols is 1. The highest BCUT2D eigenvalue weighted by Crippen LogP contribution is 2.27. The number of phenolic OH excluding ortho intramolecular Hbond substituents is 1. The summed E-state index contributed by atoms with van der Waals surface area (Å²) in [5.41, 5.74) is 2.27. The van der Waals surface area contributed by atoms with Gasteiger partial charge in [0.2, 0.25) is 0 Å². The number of hydrogen-bond donors (Lipinski definition) is 1. The maximum atomic E-state index is 9.81. The number of pyridine rings is 1. The number of aromatic nitrogens is 4. The van der Waals surface area contributed by atoms with Gasteiger partial charge in [0.25, 0.3) is 0 Å². The van der Waals surface area contributed by atoms with Crippen molar-refractivity contribution in [1.29, 1.82) is 0 Å². The lowest BCUT2D eigenvalue weighted by Gasteiger charge is -2.08. The molecule has 2 heterocycles. The van der Waals surface area contributed by atoms with Crippen molar-refractivity contribution in [3.63, 3.8) is 0 Å². The van der Waals surface area contributed by atoms with Crippen LogP contribution in [0.4, 0.5) is 0 Å². The number of rotatable bonds is 1. The van der Waals surface area contributed by atoms with Crippen LogP contribution in [0.15, 0.2) is 36.9 Å². The summed E-state index contributed by atoms with van der Waals surface area (Å²) in [5.74, 6) is 0.174. The van der Waals surface area contributed by atoms with Crippen molar-refractivity contribution >= 4 is 10.9 Å². The van der Waals surface area contributed by atoms with Crippen LogP contribution >= 0.6 is 0 Å². The minimum atomic E-state index is 0.174. The van der Waals surface area contributed by atoms with E-state index >= 15 is 0 Å². The zero-order chi connectivity index (χ0) is 11.8. The highest BCUT2D eigenvalue weighted by Gasteiger charge is 2.09. The van der Waals surface area contributed by atoms with Gasteiger partial charge in [0.15, 0.2) is 0 Å². The third-order valence-electron chi connectivity index (χ3n) is 2.59. The molecular formula is C12H10N4O. The van der Waals surface area contributed by atoms with E-state index in [1.807, 2.05) is 19.1 Å². The molecule has 0 spiro atoms. The Kier molecular flexibility index (Phi) is 2.04. The molecule has 0 radical (unpaired) electrons. The van der Waals surface area contributed by atoms with E-state index in [4.69, 9.17) is 0 Å². The number of para-hydroxylation sites is 1. The van der Waals surface area contributed by atoms with Gasteiger partial charge in [-0.25, -0.2) is 14.6 Å². The molecule has 0 saturated carbocycles. The fraction of sp³-hybridized carbons (Fsp3) is 0.0833. The molecule has 3 aromatic rings. The van der Waals surface area contributed by atoms with Crippen LogP contribution in [0.1, 0.15) is 5.69 Å². The van der Waals surface area contributed by atoms with Gasteiger partial charge >= 0.3 is 0 Å². The van der Waals surface area contributed by atoms with Crippen LogP contribution in [0.5, 0.6) is 5.75 Å². The van der Waals surface area contributed by atoms with Crippen molar-refractivity contribution in [3.8, 4) is 11.4 Å². The van der Waals surface area contributed by atoms with Crippen LogP contribution in [0, 0.1) is 6.92 Å². The van der Waals surface area contributed by atoms with Gasteiger partial charge < -0.3 is 5.11 Å². The molecule has 0 aliphatic rings. The normalized spacial score (nSPS) is 10.9. The lowest BCUT2D eigenvalue weighted by molar-refractivity contribution is 0.480. The Morgan fingerprint density at radius 1 is 1.29 bits per heavy atom. The first-order valence-corrected chi connectivity index (χ1v) is 5.20. The van der Waals surface area contributed by atoms with E-state index in [9.17, 15) is 5.11 Å². The lowest BCUT2D eigenvalue weighted by Crippen LogP contribution is -1.98. The number of nitrogens with zero attached hydrogens (tertiary/aromatic N) is 4. The van der Waals surface area contributed by atoms with E-state index in [1.165, 1.54) is 6.33 Å². The molecule has 0 atom stereocenters. The Labute approximate surface area is 97.4 Å². The van der Waals surface area contributed by atoms with Crippen molar-refractivity contribution in [3.05, 3.63) is 42.6 Å². The van der Waals surface area contributed by atoms with Gasteiger partial charge in [-0.1, -0.05) is 12.1 Å². The summed E-state index contributed by atoms with van der Waals surface area (Å²) in [6.45, 7) is 1.88. The highest BCUT2D eigenvalue weighted by atomic mass is 16.3. The molecule has 0 aliphatic heterocycles. The van der Waals surface area contributed by atoms with E-state index in [0.717, 1.165) is 16.8 Å². The van der Waals surface area contributed by atoms with Crippen LogP contribution in [-0.4, -0.2) is 24.9 Å². The second kappa shape index (κ2) is 3.55. The first kappa shape index (κ1) is 9.77. The molecule has 84 valence electrons. The third kappa shape index (κ3) is 1.52. The van der Waals surface area contributed by atoms with E-state index in [0.29, 0.717) is 5.52 Å². The number of aryl methyl sites for hydroxylation is 1. The van der Waals surface area contributed by atoms with E-state index in [2.05, 4.69) is 15.1 Å². The molecule has 0 fully saturated rings. The van der Waals surface area contributed by atoms with E-state index in [1.54, 1.807) is 23.1 Å². The van der Waals surface area contributed by atoms with Gasteiger partial charge in [-0.15, -0.1) is 0 Å². The molecule has 5 nitrogen and oxygen atoms in total. The van der Waals surface area contributed by atoms with Crippen molar-refractivity contribution in [2.24, 2.45) is 0 Å². The highest BCUT2D eigenvalue weighted by molar-refractivity contribution is 5.91. The van der Waals surface area contributed by atoms with Crippen molar-refractivity contribution in [1.82, 2.24) is 19.7 Å². The van der Waals surface area contributed by atoms with Crippen LogP contribution < -0.4 is 0 Å². The molecule has 5 heteroatoms. The van der Waals surface area contributed by atoms with Gasteiger partial charge in [0.1, 0.15) is 23.9 Å². The molecule has 2 aromatic heterocycles. The summed E-state index contributed by atoms with van der Waals surface area (Å²) in [6, 6.07) is 7.23. The largest absolute Gasteiger partial charge is 0.506 e. The molecule has 0 unspecified atom stereocenters. The summed E-state index contributed by atoms with van der Waals surface area (Å²) >= 11 is 0. The number of aromatic hydroxyl groups is 1. The van der Waals surface area contributed by atoms with Crippen molar-refractivity contribution < 1.29 is 5.11 Å².